The number of hydrogen-bond acceptors (Lipinski definition) is 4. The minimum atomic E-state index is -0.157. The van der Waals surface area contributed by atoms with E-state index in [1.165, 1.54) is 30.6 Å². The number of thiazole rings is 1. The molecule has 0 spiro atoms. The number of rotatable bonds is 7. The number of aryl methyl sites for hydroxylation is 2. The van der Waals surface area contributed by atoms with Crippen molar-refractivity contribution in [2.24, 2.45) is 11.8 Å². The predicted octanol–water partition coefficient (Wildman–Crippen LogP) is 8.70. The zero-order valence-electron chi connectivity index (χ0n) is 25.3. The van der Waals surface area contributed by atoms with E-state index in [0.29, 0.717) is 38.7 Å². The van der Waals surface area contributed by atoms with Crippen LogP contribution >= 0.6 is 22.9 Å². The topological polar surface area (TPSA) is 55.2 Å². The van der Waals surface area contributed by atoms with Crippen molar-refractivity contribution in [1.82, 2.24) is 14.5 Å². The Morgan fingerprint density at radius 1 is 1.02 bits per heavy atom. The molecule has 2 aliphatic rings. The number of para-hydroxylation sites is 1. The highest BCUT2D eigenvalue weighted by molar-refractivity contribution is 7.13. The Bertz CT molecular complexity index is 1730. The van der Waals surface area contributed by atoms with E-state index in [2.05, 4.69) is 32.0 Å². The first-order valence-corrected chi connectivity index (χ1v) is 16.6. The average Bonchev–Trinajstić information content (AvgIpc) is 3.63. The third kappa shape index (κ3) is 5.75. The SMILES string of the molecule is CCc1cccc(CC)c1-n1c(C=C(C)C)c(C(=O)N2C[C@@H]3CC[C@@H](C3)C2)cc(-c2nc(-c3ccc(Cl)cc3)cs2)c1=O. The van der Waals surface area contributed by atoms with Crippen molar-refractivity contribution >= 4 is 34.9 Å². The molecule has 0 unspecified atom stereocenters. The van der Waals surface area contributed by atoms with Crippen molar-refractivity contribution in [3.8, 4) is 27.5 Å². The maximum Gasteiger partial charge on any atom is 0.265 e. The van der Waals surface area contributed by atoms with Crippen LogP contribution in [-0.4, -0.2) is 33.4 Å². The van der Waals surface area contributed by atoms with E-state index < -0.39 is 0 Å². The Labute approximate surface area is 262 Å². The highest BCUT2D eigenvalue weighted by Gasteiger charge is 2.36. The van der Waals surface area contributed by atoms with E-state index in [-0.39, 0.29) is 11.5 Å². The van der Waals surface area contributed by atoms with E-state index in [9.17, 15) is 9.59 Å². The van der Waals surface area contributed by atoms with E-state index in [1.807, 2.05) is 65.1 Å². The Hall–Kier alpha value is -3.48. The quantitative estimate of drug-likeness (QED) is 0.210. The average molecular weight is 612 g/mol. The molecule has 1 aliphatic carbocycles. The summed E-state index contributed by atoms with van der Waals surface area (Å²) in [4.78, 5) is 36.2. The van der Waals surface area contributed by atoms with Gasteiger partial charge in [-0.3, -0.25) is 14.2 Å². The maximum absolute atomic E-state index is 14.7. The molecule has 0 radical (unpaired) electrons. The van der Waals surface area contributed by atoms with Crippen LogP contribution in [-0.2, 0) is 12.8 Å². The summed E-state index contributed by atoms with van der Waals surface area (Å²) in [5.41, 5.74) is 7.29. The van der Waals surface area contributed by atoms with Gasteiger partial charge in [0.25, 0.3) is 11.5 Å². The molecule has 6 rings (SSSR count). The molecule has 2 fully saturated rings. The molecule has 2 aromatic heterocycles. The molecule has 3 heterocycles. The van der Waals surface area contributed by atoms with E-state index >= 15 is 0 Å². The zero-order chi connectivity index (χ0) is 30.2. The number of likely N-dealkylation sites (tertiary alicyclic amines) is 1. The Balaban J connectivity index is 1.61. The van der Waals surface area contributed by atoms with Crippen LogP contribution in [0.5, 0.6) is 0 Å². The number of carbonyl (C=O) groups excluding carboxylic acids is 1. The minimum absolute atomic E-state index is 0.000564. The van der Waals surface area contributed by atoms with Crippen molar-refractivity contribution < 1.29 is 4.79 Å². The molecule has 1 saturated carbocycles. The number of fused-ring (bicyclic) bond motifs is 2. The molecule has 2 aromatic carbocycles. The first-order valence-electron chi connectivity index (χ1n) is 15.3. The van der Waals surface area contributed by atoms with Gasteiger partial charge in [0, 0.05) is 29.1 Å². The monoisotopic (exact) mass is 611 g/mol. The fraction of sp³-hybridized carbons (Fsp3) is 0.361. The molecule has 4 aromatic rings. The molecule has 43 heavy (non-hydrogen) atoms. The van der Waals surface area contributed by atoms with Gasteiger partial charge in [0.2, 0.25) is 0 Å². The van der Waals surface area contributed by atoms with Gasteiger partial charge in [0.1, 0.15) is 5.01 Å². The minimum Gasteiger partial charge on any atom is -0.338 e. The summed E-state index contributed by atoms with van der Waals surface area (Å²) in [6.07, 6.45) is 7.14. The molecular formula is C36H38ClN3O2S. The Kier molecular flexibility index (Phi) is 8.43. The predicted molar refractivity (Wildman–Crippen MR) is 178 cm³/mol. The Morgan fingerprint density at radius 3 is 2.28 bits per heavy atom. The number of allylic oxidation sites excluding steroid dienone is 1. The number of halogens is 1. The molecular weight excluding hydrogens is 574 g/mol. The van der Waals surface area contributed by atoms with Crippen LogP contribution in [0.2, 0.25) is 5.02 Å². The van der Waals surface area contributed by atoms with Crippen molar-refractivity contribution in [1.29, 1.82) is 0 Å². The second-order valence-electron chi connectivity index (χ2n) is 12.2. The highest BCUT2D eigenvalue weighted by Crippen LogP contribution is 2.38. The van der Waals surface area contributed by atoms with Crippen molar-refractivity contribution in [3.63, 3.8) is 0 Å². The number of pyridine rings is 1. The van der Waals surface area contributed by atoms with Crippen molar-refractivity contribution in [3.05, 3.63) is 97.2 Å². The highest BCUT2D eigenvalue weighted by atomic mass is 35.5. The molecule has 0 N–H and O–H groups in total. The van der Waals surface area contributed by atoms with Gasteiger partial charge in [0.15, 0.2) is 0 Å². The summed E-state index contributed by atoms with van der Waals surface area (Å²) in [5.74, 6) is 1.13. The standard InChI is InChI=1S/C36H38ClN3O2S/c1-5-25-8-7-9-26(6-2)33(25)40-32(16-22(3)4)29(35(41)39-19-23-10-11-24(17-23)20-39)18-30(36(40)42)34-38-31(21-43-34)27-12-14-28(37)15-13-27/h7-9,12-16,18,21,23-24H,5-6,10-11,17,19-20H2,1-4H3/t23-,24+. The summed E-state index contributed by atoms with van der Waals surface area (Å²) in [6, 6.07) is 15.6. The lowest BCUT2D eigenvalue weighted by atomic mass is 9.96. The van der Waals surface area contributed by atoms with Crippen LogP contribution in [0, 0.1) is 11.8 Å². The number of amides is 1. The lowest BCUT2D eigenvalue weighted by molar-refractivity contribution is 0.0661. The van der Waals surface area contributed by atoms with E-state index in [0.717, 1.165) is 59.6 Å². The van der Waals surface area contributed by atoms with Crippen LogP contribution in [0.4, 0.5) is 0 Å². The summed E-state index contributed by atoms with van der Waals surface area (Å²) in [7, 11) is 0. The number of piperidine rings is 1. The fourth-order valence-corrected chi connectivity index (χ4v) is 7.75. The molecule has 1 aliphatic heterocycles. The molecule has 2 bridgehead atoms. The summed E-state index contributed by atoms with van der Waals surface area (Å²) < 4.78 is 1.81. The van der Waals surface area contributed by atoms with E-state index in [4.69, 9.17) is 16.6 Å². The molecule has 5 nitrogen and oxygen atoms in total. The lowest BCUT2D eigenvalue weighted by Gasteiger charge is -2.32. The summed E-state index contributed by atoms with van der Waals surface area (Å²) in [5, 5.41) is 3.23. The van der Waals surface area contributed by atoms with Crippen LogP contribution < -0.4 is 5.56 Å². The molecule has 1 amide bonds. The number of aromatic nitrogens is 2. The third-order valence-corrected chi connectivity index (χ3v) is 9.98. The van der Waals surface area contributed by atoms with Crippen LogP contribution in [0.1, 0.15) is 74.1 Å². The van der Waals surface area contributed by atoms with Gasteiger partial charge in [-0.2, -0.15) is 0 Å². The van der Waals surface area contributed by atoms with Gasteiger partial charge in [-0.25, -0.2) is 4.98 Å². The van der Waals surface area contributed by atoms with Gasteiger partial charge in [0.05, 0.1) is 28.2 Å². The molecule has 7 heteroatoms. The lowest BCUT2D eigenvalue weighted by Crippen LogP contribution is -2.42. The van der Waals surface area contributed by atoms with Gasteiger partial charge in [-0.1, -0.05) is 61.4 Å². The van der Waals surface area contributed by atoms with Gasteiger partial charge in [-0.15, -0.1) is 11.3 Å². The number of nitrogens with zero attached hydrogens (tertiary/aromatic N) is 3. The zero-order valence-corrected chi connectivity index (χ0v) is 26.9. The first kappa shape index (κ1) is 29.6. The molecule has 2 atom stereocenters. The van der Waals surface area contributed by atoms with Gasteiger partial charge in [-0.05, 0) is 93.2 Å². The molecule has 222 valence electrons. The maximum atomic E-state index is 14.7. The van der Waals surface area contributed by atoms with Crippen molar-refractivity contribution in [2.75, 3.05) is 13.1 Å². The second-order valence-corrected chi connectivity index (χ2v) is 13.4. The summed E-state index contributed by atoms with van der Waals surface area (Å²) in [6.45, 7) is 9.82. The van der Waals surface area contributed by atoms with Crippen LogP contribution in [0.3, 0.4) is 0 Å². The molecule has 1 saturated heterocycles. The van der Waals surface area contributed by atoms with Crippen molar-refractivity contribution in [2.45, 2.75) is 59.8 Å². The number of hydrogen-bond donors (Lipinski definition) is 0. The smallest absolute Gasteiger partial charge is 0.265 e. The third-order valence-electron chi connectivity index (χ3n) is 8.85. The van der Waals surface area contributed by atoms with Crippen LogP contribution in [0.15, 0.2) is 64.3 Å². The fourth-order valence-electron chi connectivity index (χ4n) is 6.79. The number of benzene rings is 2. The normalized spacial score (nSPS) is 17.7. The van der Waals surface area contributed by atoms with Crippen LogP contribution in [0.25, 0.3) is 33.6 Å². The van der Waals surface area contributed by atoms with Gasteiger partial charge >= 0.3 is 0 Å². The number of carbonyl (C=O) groups is 1. The van der Waals surface area contributed by atoms with Gasteiger partial charge < -0.3 is 4.90 Å². The second kappa shape index (κ2) is 12.3. The first-order chi connectivity index (χ1) is 20.8. The Morgan fingerprint density at radius 2 is 1.67 bits per heavy atom. The largest absolute Gasteiger partial charge is 0.338 e. The summed E-state index contributed by atoms with van der Waals surface area (Å²) >= 11 is 7.56. The van der Waals surface area contributed by atoms with E-state index in [1.54, 1.807) is 0 Å².